The average molecular weight is 139 g/mol. The second-order valence-corrected chi connectivity index (χ2v) is 3.16. The van der Waals surface area contributed by atoms with Crippen LogP contribution in [0, 0.1) is 22.7 Å². The van der Waals surface area contributed by atoms with Gasteiger partial charge in [0.15, 0.2) is 5.92 Å². The van der Waals surface area contributed by atoms with E-state index in [1.54, 1.807) is 0 Å². The van der Waals surface area contributed by atoms with Crippen LogP contribution < -0.4 is 0 Å². The molecule has 0 bridgehead atoms. The molecule has 1 saturated heterocycles. The van der Waals surface area contributed by atoms with Crippen molar-refractivity contribution in [2.75, 3.05) is 6.61 Å². The third kappa shape index (κ3) is 0.860. The lowest BCUT2D eigenvalue weighted by molar-refractivity contribution is -0.139. The number of nitrogens with zero attached hydrogens (tertiary/aromatic N) is 1. The smallest absolute Gasteiger partial charge is 0.324 e. The van der Waals surface area contributed by atoms with Crippen LogP contribution in [0.25, 0.3) is 0 Å². The van der Waals surface area contributed by atoms with Crippen molar-refractivity contribution in [2.24, 2.45) is 11.3 Å². The number of cyclic esters (lactones) is 1. The topological polar surface area (TPSA) is 50.1 Å². The predicted molar refractivity (Wildman–Crippen MR) is 33.8 cm³/mol. The molecule has 0 amide bonds. The van der Waals surface area contributed by atoms with E-state index < -0.39 is 5.92 Å². The Bertz CT molecular complexity index is 202. The highest BCUT2D eigenvalue weighted by molar-refractivity contribution is 5.78. The van der Waals surface area contributed by atoms with Crippen LogP contribution in [0.15, 0.2) is 0 Å². The summed E-state index contributed by atoms with van der Waals surface area (Å²) in [4.78, 5) is 10.8. The molecule has 1 unspecified atom stereocenters. The molecular weight excluding hydrogens is 130 g/mol. The van der Waals surface area contributed by atoms with Gasteiger partial charge in [0.05, 0.1) is 12.7 Å². The number of rotatable bonds is 0. The summed E-state index contributed by atoms with van der Waals surface area (Å²) in [5.74, 6) is -0.958. The molecule has 0 aromatic heterocycles. The first-order chi connectivity index (χ1) is 4.58. The lowest BCUT2D eigenvalue weighted by Gasteiger charge is -2.14. The van der Waals surface area contributed by atoms with Crippen LogP contribution in [-0.4, -0.2) is 12.6 Å². The lowest BCUT2D eigenvalue weighted by atomic mass is 9.83. The standard InChI is InChI=1S/C7H9NO2/c1-7(2)4-10-6(9)5(7)3-8/h5H,4H2,1-2H3. The highest BCUT2D eigenvalue weighted by Crippen LogP contribution is 2.33. The molecule has 1 atom stereocenters. The number of esters is 1. The molecule has 10 heavy (non-hydrogen) atoms. The minimum atomic E-state index is -0.576. The van der Waals surface area contributed by atoms with Crippen LogP contribution in [0.4, 0.5) is 0 Å². The van der Waals surface area contributed by atoms with E-state index in [0.717, 1.165) is 0 Å². The highest BCUT2D eigenvalue weighted by Gasteiger charge is 2.43. The molecule has 1 aliphatic heterocycles. The number of hydrogen-bond donors (Lipinski definition) is 0. The van der Waals surface area contributed by atoms with Crippen LogP contribution in [0.3, 0.4) is 0 Å². The molecular formula is C7H9NO2. The van der Waals surface area contributed by atoms with Gasteiger partial charge in [-0.2, -0.15) is 5.26 Å². The summed E-state index contributed by atoms with van der Waals surface area (Å²) in [7, 11) is 0. The number of carbonyl (C=O) groups excluding carboxylic acids is 1. The van der Waals surface area contributed by atoms with Crippen LogP contribution in [0.2, 0.25) is 0 Å². The molecule has 0 radical (unpaired) electrons. The van der Waals surface area contributed by atoms with Crippen molar-refractivity contribution in [2.45, 2.75) is 13.8 Å². The maximum Gasteiger partial charge on any atom is 0.324 e. The third-order valence-electron chi connectivity index (χ3n) is 1.73. The van der Waals surface area contributed by atoms with Crippen LogP contribution in [0.5, 0.6) is 0 Å². The van der Waals surface area contributed by atoms with E-state index in [1.807, 2.05) is 19.9 Å². The van der Waals surface area contributed by atoms with Gasteiger partial charge >= 0.3 is 5.97 Å². The Morgan fingerprint density at radius 2 is 2.40 bits per heavy atom. The Morgan fingerprint density at radius 3 is 2.60 bits per heavy atom. The van der Waals surface area contributed by atoms with Crippen LogP contribution in [-0.2, 0) is 9.53 Å². The molecule has 54 valence electrons. The van der Waals surface area contributed by atoms with Gasteiger partial charge in [-0.25, -0.2) is 0 Å². The van der Waals surface area contributed by atoms with Crippen molar-refractivity contribution in [3.05, 3.63) is 0 Å². The van der Waals surface area contributed by atoms with E-state index in [-0.39, 0.29) is 11.4 Å². The fourth-order valence-electron chi connectivity index (χ4n) is 0.970. The van der Waals surface area contributed by atoms with Gasteiger partial charge < -0.3 is 4.74 Å². The monoisotopic (exact) mass is 139 g/mol. The van der Waals surface area contributed by atoms with Gasteiger partial charge in [-0.3, -0.25) is 4.79 Å². The number of ether oxygens (including phenoxy) is 1. The molecule has 0 aliphatic carbocycles. The van der Waals surface area contributed by atoms with Crippen molar-refractivity contribution >= 4 is 5.97 Å². The molecule has 0 aromatic rings. The zero-order valence-electron chi connectivity index (χ0n) is 6.05. The minimum absolute atomic E-state index is 0.300. The zero-order valence-corrected chi connectivity index (χ0v) is 6.05. The van der Waals surface area contributed by atoms with Gasteiger partial charge in [-0.15, -0.1) is 0 Å². The average Bonchev–Trinajstić information content (AvgIpc) is 2.07. The Kier molecular flexibility index (Phi) is 1.40. The normalized spacial score (nSPS) is 29.3. The van der Waals surface area contributed by atoms with Gasteiger partial charge in [0, 0.05) is 5.41 Å². The molecule has 3 nitrogen and oxygen atoms in total. The second-order valence-electron chi connectivity index (χ2n) is 3.16. The van der Waals surface area contributed by atoms with Crippen molar-refractivity contribution in [1.82, 2.24) is 0 Å². The van der Waals surface area contributed by atoms with Gasteiger partial charge in [-0.05, 0) is 0 Å². The van der Waals surface area contributed by atoms with E-state index in [1.165, 1.54) is 0 Å². The van der Waals surface area contributed by atoms with Crippen LogP contribution >= 0.6 is 0 Å². The summed E-state index contributed by atoms with van der Waals surface area (Å²) < 4.78 is 4.71. The van der Waals surface area contributed by atoms with Gasteiger partial charge in [-0.1, -0.05) is 13.8 Å². The van der Waals surface area contributed by atoms with Crippen molar-refractivity contribution in [3.8, 4) is 6.07 Å². The van der Waals surface area contributed by atoms with E-state index in [2.05, 4.69) is 0 Å². The zero-order chi connectivity index (χ0) is 7.78. The molecule has 1 aliphatic rings. The van der Waals surface area contributed by atoms with Crippen molar-refractivity contribution in [3.63, 3.8) is 0 Å². The van der Waals surface area contributed by atoms with Gasteiger partial charge in [0.1, 0.15) is 0 Å². The highest BCUT2D eigenvalue weighted by atomic mass is 16.5. The molecule has 1 heterocycles. The summed E-state index contributed by atoms with van der Waals surface area (Å²) in [6.45, 7) is 4.07. The summed E-state index contributed by atoms with van der Waals surface area (Å²) in [6.07, 6.45) is 0. The maximum atomic E-state index is 10.8. The predicted octanol–water partition coefficient (Wildman–Crippen LogP) is 0.709. The maximum absolute atomic E-state index is 10.8. The molecule has 0 aromatic carbocycles. The molecule has 0 saturated carbocycles. The fraction of sp³-hybridized carbons (Fsp3) is 0.714. The molecule has 0 N–H and O–H groups in total. The van der Waals surface area contributed by atoms with E-state index in [9.17, 15) is 4.79 Å². The second kappa shape index (κ2) is 1.98. The number of nitriles is 1. The van der Waals surface area contributed by atoms with Crippen LogP contribution in [0.1, 0.15) is 13.8 Å². The fourth-order valence-corrected chi connectivity index (χ4v) is 0.970. The SMILES string of the molecule is CC1(C)COC(=O)C1C#N. The lowest BCUT2D eigenvalue weighted by Crippen LogP contribution is -2.22. The first-order valence-corrected chi connectivity index (χ1v) is 3.14. The summed E-state index contributed by atoms with van der Waals surface area (Å²) >= 11 is 0. The molecule has 0 spiro atoms. The Hall–Kier alpha value is -1.04. The third-order valence-corrected chi connectivity index (χ3v) is 1.73. The van der Waals surface area contributed by atoms with E-state index in [0.29, 0.717) is 6.61 Å². The first kappa shape index (κ1) is 7.07. The Morgan fingerprint density at radius 1 is 1.80 bits per heavy atom. The first-order valence-electron chi connectivity index (χ1n) is 3.14. The summed E-state index contributed by atoms with van der Waals surface area (Å²) in [5, 5.41) is 8.52. The summed E-state index contributed by atoms with van der Waals surface area (Å²) in [5.41, 5.74) is -0.300. The van der Waals surface area contributed by atoms with Crippen molar-refractivity contribution in [1.29, 1.82) is 5.26 Å². The Labute approximate surface area is 59.6 Å². The minimum Gasteiger partial charge on any atom is -0.464 e. The molecule has 3 heteroatoms. The van der Waals surface area contributed by atoms with Crippen molar-refractivity contribution < 1.29 is 9.53 Å². The van der Waals surface area contributed by atoms with E-state index >= 15 is 0 Å². The molecule has 1 rings (SSSR count). The summed E-state index contributed by atoms with van der Waals surface area (Å²) in [6, 6.07) is 1.93. The number of carbonyl (C=O) groups is 1. The van der Waals surface area contributed by atoms with Gasteiger partial charge in [0.2, 0.25) is 0 Å². The van der Waals surface area contributed by atoms with Gasteiger partial charge in [0.25, 0.3) is 0 Å². The number of hydrogen-bond acceptors (Lipinski definition) is 3. The largest absolute Gasteiger partial charge is 0.464 e. The van der Waals surface area contributed by atoms with E-state index in [4.69, 9.17) is 10.00 Å². The molecule has 1 fully saturated rings. The quantitative estimate of drug-likeness (QED) is 0.464. The Balaban J connectivity index is 2.86.